The average molecular weight is 280 g/mol. The highest BCUT2D eigenvalue weighted by Crippen LogP contribution is 2.40. The lowest BCUT2D eigenvalue weighted by molar-refractivity contribution is 0.145. The van der Waals surface area contributed by atoms with Crippen molar-refractivity contribution in [1.82, 2.24) is 10.6 Å². The molecule has 4 nitrogen and oxygen atoms in total. The fourth-order valence-corrected chi connectivity index (χ4v) is 2.20. The van der Waals surface area contributed by atoms with Crippen LogP contribution in [0.2, 0.25) is 0 Å². The van der Waals surface area contributed by atoms with Crippen LogP contribution in [0.1, 0.15) is 31.2 Å². The van der Waals surface area contributed by atoms with Crippen LogP contribution in [0, 0.1) is 5.82 Å². The molecule has 2 atom stereocenters. The molecule has 0 heterocycles. The SMILES string of the molecule is CCOCCCNC(=O)NC1CC1c1cccc(F)c1. The molecule has 0 spiro atoms. The van der Waals surface area contributed by atoms with E-state index in [0.29, 0.717) is 19.8 Å². The number of ether oxygens (including phenoxy) is 1. The number of hydrogen-bond acceptors (Lipinski definition) is 2. The number of halogens is 1. The quantitative estimate of drug-likeness (QED) is 0.754. The van der Waals surface area contributed by atoms with Crippen LogP contribution in [-0.4, -0.2) is 31.8 Å². The van der Waals surface area contributed by atoms with Crippen LogP contribution >= 0.6 is 0 Å². The molecule has 2 unspecified atom stereocenters. The second-order valence-corrected chi connectivity index (χ2v) is 4.95. The number of benzene rings is 1. The third-order valence-corrected chi connectivity index (χ3v) is 3.34. The van der Waals surface area contributed by atoms with Gasteiger partial charge in [0.2, 0.25) is 0 Å². The summed E-state index contributed by atoms with van der Waals surface area (Å²) in [6.45, 7) is 3.90. The molecule has 1 aromatic rings. The summed E-state index contributed by atoms with van der Waals surface area (Å²) in [5.74, 6) is 0.00778. The van der Waals surface area contributed by atoms with E-state index in [2.05, 4.69) is 10.6 Å². The minimum absolute atomic E-state index is 0.115. The van der Waals surface area contributed by atoms with Gasteiger partial charge in [0.25, 0.3) is 0 Å². The molecule has 0 radical (unpaired) electrons. The van der Waals surface area contributed by atoms with E-state index in [4.69, 9.17) is 4.74 Å². The first kappa shape index (κ1) is 14.8. The van der Waals surface area contributed by atoms with Crippen molar-refractivity contribution in [3.05, 3.63) is 35.6 Å². The van der Waals surface area contributed by atoms with Gasteiger partial charge in [0.1, 0.15) is 5.82 Å². The van der Waals surface area contributed by atoms with E-state index in [1.165, 1.54) is 12.1 Å². The summed E-state index contributed by atoms with van der Waals surface area (Å²) in [7, 11) is 0. The van der Waals surface area contributed by atoms with E-state index < -0.39 is 0 Å². The van der Waals surface area contributed by atoms with Gasteiger partial charge in [-0.2, -0.15) is 0 Å². The Bertz CT molecular complexity index is 453. The summed E-state index contributed by atoms with van der Waals surface area (Å²) in [4.78, 5) is 11.6. The number of amides is 2. The predicted molar refractivity (Wildman–Crippen MR) is 75.2 cm³/mol. The molecule has 20 heavy (non-hydrogen) atoms. The Morgan fingerprint density at radius 2 is 2.35 bits per heavy atom. The van der Waals surface area contributed by atoms with Crippen LogP contribution in [0.3, 0.4) is 0 Å². The van der Waals surface area contributed by atoms with Crippen molar-refractivity contribution in [2.24, 2.45) is 0 Å². The van der Waals surface area contributed by atoms with Gasteiger partial charge in [0.15, 0.2) is 0 Å². The molecule has 2 amide bonds. The molecule has 1 saturated carbocycles. The molecule has 1 aliphatic carbocycles. The molecule has 0 aromatic heterocycles. The maximum Gasteiger partial charge on any atom is 0.315 e. The largest absolute Gasteiger partial charge is 0.382 e. The molecule has 2 N–H and O–H groups in total. The van der Waals surface area contributed by atoms with Gasteiger partial charge < -0.3 is 15.4 Å². The number of rotatable bonds is 7. The van der Waals surface area contributed by atoms with E-state index in [1.807, 2.05) is 13.0 Å². The Labute approximate surface area is 118 Å². The van der Waals surface area contributed by atoms with Crippen LogP contribution in [0.4, 0.5) is 9.18 Å². The van der Waals surface area contributed by atoms with Gasteiger partial charge in [-0.3, -0.25) is 0 Å². The zero-order valence-electron chi connectivity index (χ0n) is 11.7. The second-order valence-electron chi connectivity index (χ2n) is 4.95. The summed E-state index contributed by atoms with van der Waals surface area (Å²) in [6.07, 6.45) is 1.68. The average Bonchev–Trinajstić information content (AvgIpc) is 3.18. The Hall–Kier alpha value is -1.62. The lowest BCUT2D eigenvalue weighted by atomic mass is 10.1. The third-order valence-electron chi connectivity index (χ3n) is 3.34. The highest BCUT2D eigenvalue weighted by atomic mass is 19.1. The molecule has 5 heteroatoms. The second kappa shape index (κ2) is 7.24. The van der Waals surface area contributed by atoms with Crippen LogP contribution in [0.15, 0.2) is 24.3 Å². The molecule has 1 fully saturated rings. The van der Waals surface area contributed by atoms with Crippen LogP contribution < -0.4 is 10.6 Å². The third kappa shape index (κ3) is 4.49. The van der Waals surface area contributed by atoms with Crippen molar-refractivity contribution in [2.75, 3.05) is 19.8 Å². The number of hydrogen-bond donors (Lipinski definition) is 2. The van der Waals surface area contributed by atoms with Gasteiger partial charge in [-0.15, -0.1) is 0 Å². The van der Waals surface area contributed by atoms with Crippen molar-refractivity contribution < 1.29 is 13.9 Å². The van der Waals surface area contributed by atoms with Crippen LogP contribution in [-0.2, 0) is 4.74 Å². The predicted octanol–water partition coefficient (Wildman–Crippen LogP) is 2.41. The fourth-order valence-electron chi connectivity index (χ4n) is 2.20. The van der Waals surface area contributed by atoms with Crippen molar-refractivity contribution in [3.63, 3.8) is 0 Å². The number of urea groups is 1. The van der Waals surface area contributed by atoms with Crippen molar-refractivity contribution in [1.29, 1.82) is 0 Å². The van der Waals surface area contributed by atoms with E-state index in [-0.39, 0.29) is 23.8 Å². The highest BCUT2D eigenvalue weighted by molar-refractivity contribution is 5.74. The summed E-state index contributed by atoms with van der Waals surface area (Å²) in [5.41, 5.74) is 0.951. The van der Waals surface area contributed by atoms with E-state index in [1.54, 1.807) is 6.07 Å². The molecule has 0 saturated heterocycles. The highest BCUT2D eigenvalue weighted by Gasteiger charge is 2.39. The first-order valence-corrected chi connectivity index (χ1v) is 7.08. The number of nitrogens with one attached hydrogen (secondary N) is 2. The molecule has 1 aliphatic rings. The van der Waals surface area contributed by atoms with Crippen molar-refractivity contribution in [3.8, 4) is 0 Å². The van der Waals surface area contributed by atoms with Gasteiger partial charge in [-0.25, -0.2) is 9.18 Å². The minimum Gasteiger partial charge on any atom is -0.382 e. The van der Waals surface area contributed by atoms with Crippen molar-refractivity contribution in [2.45, 2.75) is 31.7 Å². The van der Waals surface area contributed by atoms with Gasteiger partial charge in [-0.1, -0.05) is 12.1 Å². The minimum atomic E-state index is -0.228. The zero-order chi connectivity index (χ0) is 14.4. The van der Waals surface area contributed by atoms with Crippen molar-refractivity contribution >= 4 is 6.03 Å². The number of carbonyl (C=O) groups excluding carboxylic acids is 1. The fraction of sp³-hybridized carbons (Fsp3) is 0.533. The lowest BCUT2D eigenvalue weighted by Gasteiger charge is -2.07. The molecule has 1 aromatic carbocycles. The Morgan fingerprint density at radius 3 is 3.10 bits per heavy atom. The van der Waals surface area contributed by atoms with Gasteiger partial charge >= 0.3 is 6.03 Å². The van der Waals surface area contributed by atoms with Crippen LogP contribution in [0.5, 0.6) is 0 Å². The standard InChI is InChI=1S/C15H21FN2O2/c1-2-20-8-4-7-17-15(19)18-14-10-13(14)11-5-3-6-12(16)9-11/h3,5-6,9,13-14H,2,4,7-8,10H2,1H3,(H2,17,18,19). The molecule has 2 rings (SSSR count). The maximum absolute atomic E-state index is 13.1. The lowest BCUT2D eigenvalue weighted by Crippen LogP contribution is -2.38. The summed E-state index contributed by atoms with van der Waals surface area (Å²) in [6, 6.07) is 6.52. The molecular weight excluding hydrogens is 259 g/mol. The zero-order valence-corrected chi connectivity index (χ0v) is 11.7. The van der Waals surface area contributed by atoms with Gasteiger partial charge in [0.05, 0.1) is 0 Å². The molecule has 0 bridgehead atoms. The van der Waals surface area contributed by atoms with Gasteiger partial charge in [0, 0.05) is 31.7 Å². The molecular formula is C15H21FN2O2. The Morgan fingerprint density at radius 1 is 1.50 bits per heavy atom. The Balaban J connectivity index is 1.65. The summed E-state index contributed by atoms with van der Waals surface area (Å²) >= 11 is 0. The van der Waals surface area contributed by atoms with Crippen LogP contribution in [0.25, 0.3) is 0 Å². The summed E-state index contributed by atoms with van der Waals surface area (Å²) in [5, 5.41) is 5.69. The molecule has 0 aliphatic heterocycles. The maximum atomic E-state index is 13.1. The van der Waals surface area contributed by atoms with E-state index in [9.17, 15) is 9.18 Å². The van der Waals surface area contributed by atoms with Gasteiger partial charge in [-0.05, 0) is 37.5 Å². The Kier molecular flexibility index (Phi) is 5.35. The summed E-state index contributed by atoms with van der Waals surface area (Å²) < 4.78 is 18.3. The first-order chi connectivity index (χ1) is 9.70. The smallest absolute Gasteiger partial charge is 0.315 e. The monoisotopic (exact) mass is 280 g/mol. The number of carbonyl (C=O) groups is 1. The first-order valence-electron chi connectivity index (χ1n) is 7.08. The normalized spacial score (nSPS) is 20.5. The van der Waals surface area contributed by atoms with E-state index in [0.717, 1.165) is 18.4 Å². The molecule has 110 valence electrons. The topological polar surface area (TPSA) is 50.4 Å². The van der Waals surface area contributed by atoms with E-state index >= 15 is 0 Å².